The molecule has 17 heavy (non-hydrogen) atoms. The number of tetrazole rings is 1. The molecule has 0 aliphatic rings. The molecule has 1 heterocycles. The Morgan fingerprint density at radius 2 is 2.18 bits per heavy atom. The summed E-state index contributed by atoms with van der Waals surface area (Å²) in [5, 5.41) is 12.4. The first-order valence-electron chi connectivity index (χ1n) is 5.36. The molecular formula is C11H12BrClN4. The van der Waals surface area contributed by atoms with Crippen LogP contribution in [-0.2, 0) is 6.42 Å². The summed E-state index contributed by atoms with van der Waals surface area (Å²) in [6.45, 7) is 4.06. The monoisotopic (exact) mass is 314 g/mol. The van der Waals surface area contributed by atoms with Gasteiger partial charge in [-0.1, -0.05) is 18.5 Å². The molecule has 0 fully saturated rings. The van der Waals surface area contributed by atoms with Gasteiger partial charge in [0.05, 0.1) is 5.69 Å². The Balaban J connectivity index is 2.52. The molecule has 2 rings (SSSR count). The molecule has 0 spiro atoms. The number of halogens is 2. The third-order valence-electron chi connectivity index (χ3n) is 2.46. The van der Waals surface area contributed by atoms with Crippen molar-refractivity contribution < 1.29 is 0 Å². The Kier molecular flexibility index (Phi) is 3.79. The van der Waals surface area contributed by atoms with Crippen molar-refractivity contribution in [3.63, 3.8) is 0 Å². The lowest BCUT2D eigenvalue weighted by atomic mass is 10.2. The Morgan fingerprint density at radius 1 is 1.41 bits per heavy atom. The largest absolute Gasteiger partial charge is 0.196 e. The second kappa shape index (κ2) is 5.14. The summed E-state index contributed by atoms with van der Waals surface area (Å²) in [5.41, 5.74) is 1.89. The fourth-order valence-corrected chi connectivity index (χ4v) is 2.35. The first kappa shape index (κ1) is 12.5. The molecule has 0 aliphatic carbocycles. The molecule has 0 amide bonds. The number of rotatable bonds is 3. The van der Waals surface area contributed by atoms with Gasteiger partial charge in [0.2, 0.25) is 0 Å². The Hall–Kier alpha value is -0.940. The van der Waals surface area contributed by atoms with Gasteiger partial charge in [-0.05, 0) is 57.4 Å². The van der Waals surface area contributed by atoms with Gasteiger partial charge in [0, 0.05) is 15.9 Å². The number of nitrogens with zero attached hydrogens (tertiary/aromatic N) is 4. The highest BCUT2D eigenvalue weighted by Crippen LogP contribution is 2.28. The van der Waals surface area contributed by atoms with Crippen molar-refractivity contribution in [3.05, 3.63) is 33.0 Å². The van der Waals surface area contributed by atoms with E-state index in [4.69, 9.17) is 11.6 Å². The molecule has 2 aromatic rings. The van der Waals surface area contributed by atoms with Gasteiger partial charge in [-0.15, -0.1) is 5.10 Å². The first-order chi connectivity index (χ1) is 8.13. The van der Waals surface area contributed by atoms with Gasteiger partial charge >= 0.3 is 0 Å². The summed E-state index contributed by atoms with van der Waals surface area (Å²) in [5.74, 6) is 0.841. The molecular weight excluding hydrogens is 304 g/mol. The van der Waals surface area contributed by atoms with Gasteiger partial charge in [0.1, 0.15) is 0 Å². The molecule has 0 aliphatic heterocycles. The molecule has 0 atom stereocenters. The maximum atomic E-state index is 6.13. The van der Waals surface area contributed by atoms with Crippen LogP contribution in [0.15, 0.2) is 16.6 Å². The van der Waals surface area contributed by atoms with Crippen LogP contribution >= 0.6 is 27.5 Å². The number of hydrogen-bond donors (Lipinski definition) is 0. The quantitative estimate of drug-likeness (QED) is 0.872. The van der Waals surface area contributed by atoms with Crippen molar-refractivity contribution in [2.45, 2.75) is 26.7 Å². The van der Waals surface area contributed by atoms with Crippen LogP contribution in [0.5, 0.6) is 0 Å². The summed E-state index contributed by atoms with van der Waals surface area (Å²) < 4.78 is 2.66. The van der Waals surface area contributed by atoms with Crippen molar-refractivity contribution in [2.24, 2.45) is 0 Å². The van der Waals surface area contributed by atoms with Crippen LogP contribution in [-0.4, -0.2) is 20.2 Å². The lowest BCUT2D eigenvalue weighted by molar-refractivity contribution is 0.742. The topological polar surface area (TPSA) is 43.6 Å². The van der Waals surface area contributed by atoms with E-state index in [0.717, 1.165) is 34.4 Å². The van der Waals surface area contributed by atoms with Crippen LogP contribution < -0.4 is 0 Å². The highest BCUT2D eigenvalue weighted by Gasteiger charge is 2.12. The summed E-state index contributed by atoms with van der Waals surface area (Å²) >= 11 is 9.64. The highest BCUT2D eigenvalue weighted by molar-refractivity contribution is 9.10. The second-order valence-electron chi connectivity index (χ2n) is 3.81. The van der Waals surface area contributed by atoms with E-state index in [9.17, 15) is 0 Å². The molecule has 0 bridgehead atoms. The average Bonchev–Trinajstić information content (AvgIpc) is 2.72. The molecule has 0 N–H and O–H groups in total. The Bertz CT molecular complexity index is 538. The fourth-order valence-electron chi connectivity index (χ4n) is 1.57. The zero-order chi connectivity index (χ0) is 12.4. The van der Waals surface area contributed by atoms with Gasteiger partial charge in [-0.25, -0.2) is 0 Å². The predicted molar refractivity (Wildman–Crippen MR) is 70.6 cm³/mol. The Morgan fingerprint density at radius 3 is 2.88 bits per heavy atom. The average molecular weight is 316 g/mol. The summed E-state index contributed by atoms with van der Waals surface area (Å²) in [4.78, 5) is 0. The molecule has 0 radical (unpaired) electrons. The smallest absolute Gasteiger partial charge is 0.156 e. The minimum absolute atomic E-state index is 0.709. The molecule has 0 saturated heterocycles. The summed E-state index contributed by atoms with van der Waals surface area (Å²) in [6.07, 6.45) is 1.84. The lowest BCUT2D eigenvalue weighted by Crippen LogP contribution is -2.04. The zero-order valence-corrected chi connectivity index (χ0v) is 12.0. The van der Waals surface area contributed by atoms with Gasteiger partial charge in [-0.2, -0.15) is 4.68 Å². The van der Waals surface area contributed by atoms with Gasteiger partial charge in [-0.3, -0.25) is 0 Å². The van der Waals surface area contributed by atoms with Crippen molar-refractivity contribution >= 4 is 27.5 Å². The van der Waals surface area contributed by atoms with E-state index in [1.165, 1.54) is 0 Å². The van der Waals surface area contributed by atoms with E-state index in [1.54, 1.807) is 4.68 Å². The Labute approximate surface area is 113 Å². The van der Waals surface area contributed by atoms with Crippen LogP contribution in [0.4, 0.5) is 0 Å². The number of aryl methyl sites for hydroxylation is 2. The minimum atomic E-state index is 0.709. The highest BCUT2D eigenvalue weighted by atomic mass is 79.9. The van der Waals surface area contributed by atoms with Crippen molar-refractivity contribution in [3.8, 4) is 5.69 Å². The van der Waals surface area contributed by atoms with Crippen LogP contribution in [0.2, 0.25) is 5.02 Å². The molecule has 1 aromatic carbocycles. The SMILES string of the molecule is CCCc1nnnn1-c1cc(Cl)c(C)cc1Br. The van der Waals surface area contributed by atoms with Gasteiger partial charge in [0.15, 0.2) is 5.82 Å². The molecule has 0 unspecified atom stereocenters. The van der Waals surface area contributed by atoms with E-state index in [-0.39, 0.29) is 0 Å². The van der Waals surface area contributed by atoms with Crippen molar-refractivity contribution in [1.82, 2.24) is 20.2 Å². The van der Waals surface area contributed by atoms with E-state index in [0.29, 0.717) is 5.02 Å². The van der Waals surface area contributed by atoms with Crippen molar-refractivity contribution in [2.75, 3.05) is 0 Å². The van der Waals surface area contributed by atoms with Crippen LogP contribution in [0, 0.1) is 6.92 Å². The van der Waals surface area contributed by atoms with Crippen LogP contribution in [0.25, 0.3) is 5.69 Å². The fraction of sp³-hybridized carbons (Fsp3) is 0.364. The van der Waals surface area contributed by atoms with Gasteiger partial charge in [0.25, 0.3) is 0 Å². The molecule has 90 valence electrons. The van der Waals surface area contributed by atoms with Crippen LogP contribution in [0.3, 0.4) is 0 Å². The zero-order valence-electron chi connectivity index (χ0n) is 9.61. The third kappa shape index (κ3) is 2.50. The first-order valence-corrected chi connectivity index (χ1v) is 6.54. The lowest BCUT2D eigenvalue weighted by Gasteiger charge is -2.08. The van der Waals surface area contributed by atoms with Crippen LogP contribution in [0.1, 0.15) is 24.7 Å². The summed E-state index contributed by atoms with van der Waals surface area (Å²) in [7, 11) is 0. The molecule has 6 heteroatoms. The van der Waals surface area contributed by atoms with E-state index in [1.807, 2.05) is 19.1 Å². The second-order valence-corrected chi connectivity index (χ2v) is 5.07. The van der Waals surface area contributed by atoms with E-state index < -0.39 is 0 Å². The summed E-state index contributed by atoms with van der Waals surface area (Å²) in [6, 6.07) is 3.84. The van der Waals surface area contributed by atoms with Gasteiger partial charge < -0.3 is 0 Å². The van der Waals surface area contributed by atoms with E-state index >= 15 is 0 Å². The standard InChI is InChI=1S/C11H12BrClN4/c1-3-4-11-14-15-16-17(11)10-6-9(13)7(2)5-8(10)12/h5-6H,3-4H2,1-2H3. The maximum Gasteiger partial charge on any atom is 0.156 e. The molecule has 4 nitrogen and oxygen atoms in total. The maximum absolute atomic E-state index is 6.13. The minimum Gasteiger partial charge on any atom is -0.196 e. The number of benzene rings is 1. The van der Waals surface area contributed by atoms with Crippen molar-refractivity contribution in [1.29, 1.82) is 0 Å². The normalized spacial score (nSPS) is 10.8. The number of hydrogen-bond acceptors (Lipinski definition) is 3. The van der Waals surface area contributed by atoms with E-state index in [2.05, 4.69) is 38.4 Å². The molecule has 0 saturated carbocycles. The predicted octanol–water partition coefficient (Wildman–Crippen LogP) is 3.34. The molecule has 1 aromatic heterocycles. The third-order valence-corrected chi connectivity index (χ3v) is 3.51. The number of aromatic nitrogens is 4.